The summed E-state index contributed by atoms with van der Waals surface area (Å²) in [5, 5.41) is 4.46. The van der Waals surface area contributed by atoms with Crippen LogP contribution in [0, 0.1) is 0 Å². The minimum absolute atomic E-state index is 0.0885. The Labute approximate surface area is 209 Å². The zero-order valence-corrected chi connectivity index (χ0v) is 20.7. The number of amides is 2. The second-order valence-electron chi connectivity index (χ2n) is 8.83. The number of aromatic nitrogens is 4. The average molecular weight is 492 g/mol. The largest absolute Gasteiger partial charge is 0.491 e. The number of carbonyl (C=O) groups excluding carboxylic acids is 2. The van der Waals surface area contributed by atoms with E-state index in [1.807, 2.05) is 34.0 Å². The fourth-order valence-corrected chi connectivity index (χ4v) is 4.57. The van der Waals surface area contributed by atoms with Crippen molar-refractivity contribution in [3.05, 3.63) is 48.0 Å². The van der Waals surface area contributed by atoms with E-state index in [0.29, 0.717) is 41.7 Å². The zero-order chi connectivity index (χ0) is 25.2. The molecule has 5 rings (SSSR count). The fourth-order valence-electron chi connectivity index (χ4n) is 4.57. The highest BCUT2D eigenvalue weighted by Crippen LogP contribution is 2.32. The van der Waals surface area contributed by atoms with E-state index in [-0.39, 0.29) is 11.8 Å². The van der Waals surface area contributed by atoms with Gasteiger partial charge in [-0.05, 0) is 18.2 Å². The summed E-state index contributed by atoms with van der Waals surface area (Å²) >= 11 is 0. The zero-order valence-electron chi connectivity index (χ0n) is 20.7. The Kier molecular flexibility index (Phi) is 6.55. The van der Waals surface area contributed by atoms with Gasteiger partial charge < -0.3 is 14.4 Å². The first-order valence-electron chi connectivity index (χ1n) is 11.9. The molecule has 3 aromatic heterocycles. The Bertz CT molecular complexity index is 1280. The molecule has 0 saturated carbocycles. The third-order valence-electron chi connectivity index (χ3n) is 6.68. The van der Waals surface area contributed by atoms with Gasteiger partial charge in [0.15, 0.2) is 5.75 Å². The summed E-state index contributed by atoms with van der Waals surface area (Å²) in [4.78, 5) is 39.5. The number of hydrogen-bond acceptors (Lipinski definition) is 8. The van der Waals surface area contributed by atoms with Gasteiger partial charge in [-0.3, -0.25) is 29.1 Å². The molecule has 11 heteroatoms. The summed E-state index contributed by atoms with van der Waals surface area (Å²) in [6.07, 6.45) is 5.29. The molecular weight excluding hydrogens is 462 g/mol. The van der Waals surface area contributed by atoms with Crippen LogP contribution in [0.3, 0.4) is 0 Å². The van der Waals surface area contributed by atoms with Crippen molar-refractivity contribution in [2.45, 2.75) is 20.0 Å². The van der Waals surface area contributed by atoms with Gasteiger partial charge in [-0.1, -0.05) is 0 Å². The molecule has 1 fully saturated rings. The third kappa shape index (κ3) is 4.61. The van der Waals surface area contributed by atoms with Gasteiger partial charge in [0.2, 0.25) is 5.91 Å². The molecule has 1 saturated heterocycles. The van der Waals surface area contributed by atoms with E-state index in [1.54, 1.807) is 31.3 Å². The van der Waals surface area contributed by atoms with Crippen LogP contribution in [-0.2, 0) is 17.9 Å². The molecule has 5 heterocycles. The van der Waals surface area contributed by atoms with Gasteiger partial charge in [0.05, 0.1) is 56.1 Å². The summed E-state index contributed by atoms with van der Waals surface area (Å²) < 4.78 is 12.4. The first-order valence-corrected chi connectivity index (χ1v) is 11.9. The lowest BCUT2D eigenvalue weighted by Crippen LogP contribution is -2.48. The van der Waals surface area contributed by atoms with Gasteiger partial charge >= 0.3 is 0 Å². The lowest BCUT2D eigenvalue weighted by atomic mass is 10.1. The summed E-state index contributed by atoms with van der Waals surface area (Å²) in [6.45, 7) is 6.77. The molecule has 0 bridgehead atoms. The molecule has 2 amide bonds. The molecule has 36 heavy (non-hydrogen) atoms. The number of carbonyl (C=O) groups is 2. The molecule has 11 nitrogen and oxygen atoms in total. The van der Waals surface area contributed by atoms with Crippen molar-refractivity contribution >= 4 is 17.5 Å². The number of piperazine rings is 1. The summed E-state index contributed by atoms with van der Waals surface area (Å²) in [7, 11) is 3.10. The van der Waals surface area contributed by atoms with Crippen LogP contribution in [-0.4, -0.2) is 88.3 Å². The smallest absolute Gasteiger partial charge is 0.260 e. The average Bonchev–Trinajstić information content (AvgIpc) is 3.51. The van der Waals surface area contributed by atoms with E-state index in [9.17, 15) is 9.59 Å². The maximum Gasteiger partial charge on any atom is 0.260 e. The maximum absolute atomic E-state index is 13.1. The first kappa shape index (κ1) is 23.7. The second kappa shape index (κ2) is 9.94. The lowest BCUT2D eigenvalue weighted by Gasteiger charge is -2.34. The van der Waals surface area contributed by atoms with Gasteiger partial charge in [-0.15, -0.1) is 0 Å². The van der Waals surface area contributed by atoms with Crippen molar-refractivity contribution in [3.63, 3.8) is 0 Å². The molecule has 0 aromatic carbocycles. The Morgan fingerprint density at radius 3 is 2.58 bits per heavy atom. The minimum Gasteiger partial charge on any atom is -0.491 e. The molecule has 0 radical (unpaired) electrons. The highest BCUT2D eigenvalue weighted by Gasteiger charge is 2.31. The van der Waals surface area contributed by atoms with E-state index < -0.39 is 0 Å². The van der Waals surface area contributed by atoms with Crippen LogP contribution >= 0.6 is 0 Å². The number of pyridine rings is 2. The van der Waals surface area contributed by atoms with E-state index in [1.165, 1.54) is 7.11 Å². The van der Waals surface area contributed by atoms with Crippen LogP contribution in [0.25, 0.3) is 11.3 Å². The van der Waals surface area contributed by atoms with Gasteiger partial charge in [-0.25, -0.2) is 4.98 Å². The van der Waals surface area contributed by atoms with Gasteiger partial charge in [-0.2, -0.15) is 5.10 Å². The number of methoxy groups -OCH3 is 2. The number of rotatable bonds is 7. The molecule has 0 atom stereocenters. The second-order valence-corrected chi connectivity index (χ2v) is 8.83. The number of fused-ring (bicyclic) bond motifs is 1. The molecule has 2 aliphatic heterocycles. The van der Waals surface area contributed by atoms with E-state index >= 15 is 0 Å². The maximum atomic E-state index is 13.1. The minimum atomic E-state index is -0.0885. The molecule has 0 aliphatic carbocycles. The van der Waals surface area contributed by atoms with Crippen molar-refractivity contribution in [1.29, 1.82) is 0 Å². The first-order chi connectivity index (χ1) is 17.5. The van der Waals surface area contributed by atoms with Gasteiger partial charge in [0, 0.05) is 57.6 Å². The highest BCUT2D eigenvalue weighted by molar-refractivity contribution is 6.09. The molecule has 0 spiro atoms. The molecule has 188 valence electrons. The van der Waals surface area contributed by atoms with E-state index in [4.69, 9.17) is 14.5 Å². The summed E-state index contributed by atoms with van der Waals surface area (Å²) in [6, 6.07) is 5.44. The molecule has 3 aromatic rings. The van der Waals surface area contributed by atoms with Crippen molar-refractivity contribution in [3.8, 4) is 22.9 Å². The van der Waals surface area contributed by atoms with Crippen LogP contribution in [0.2, 0.25) is 0 Å². The highest BCUT2D eigenvalue weighted by atomic mass is 16.5. The number of hydrogen-bond donors (Lipinski definition) is 0. The monoisotopic (exact) mass is 491 g/mol. The van der Waals surface area contributed by atoms with Gasteiger partial charge in [0.1, 0.15) is 0 Å². The van der Waals surface area contributed by atoms with Crippen LogP contribution < -0.4 is 14.4 Å². The Morgan fingerprint density at radius 1 is 1.06 bits per heavy atom. The third-order valence-corrected chi connectivity index (χ3v) is 6.68. The number of anilines is 1. The lowest BCUT2D eigenvalue weighted by molar-refractivity contribution is -0.130. The predicted molar refractivity (Wildman–Crippen MR) is 132 cm³/mol. The Balaban J connectivity index is 1.24. The molecular formula is C25H29N7O4. The van der Waals surface area contributed by atoms with E-state index in [0.717, 1.165) is 44.0 Å². The molecule has 2 aliphatic rings. The summed E-state index contributed by atoms with van der Waals surface area (Å²) in [5.41, 5.74) is 3.52. The quantitative estimate of drug-likeness (QED) is 0.492. The van der Waals surface area contributed by atoms with Crippen molar-refractivity contribution in [2.75, 3.05) is 51.8 Å². The predicted octanol–water partition coefficient (Wildman–Crippen LogP) is 1.68. The summed E-state index contributed by atoms with van der Waals surface area (Å²) in [5.74, 6) is 0.960. The number of nitrogens with zero attached hydrogens (tertiary/aromatic N) is 7. The normalized spacial score (nSPS) is 15.8. The van der Waals surface area contributed by atoms with Crippen molar-refractivity contribution in [2.24, 2.45) is 0 Å². The topological polar surface area (TPSA) is 106 Å². The SMILES string of the molecule is COc1cc(-c2ccc3c(n2)CN(c2cnn(CCN4CCN(C(C)=O)CC4)c2)C3=O)cnc1OC. The molecule has 0 N–H and O–H groups in total. The molecule has 0 unspecified atom stereocenters. The van der Waals surface area contributed by atoms with Gasteiger partial charge in [0.25, 0.3) is 11.8 Å². The van der Waals surface area contributed by atoms with Crippen LogP contribution in [0.4, 0.5) is 5.69 Å². The van der Waals surface area contributed by atoms with Crippen molar-refractivity contribution < 1.29 is 19.1 Å². The Hall–Kier alpha value is -3.99. The van der Waals surface area contributed by atoms with Crippen LogP contribution in [0.15, 0.2) is 36.8 Å². The van der Waals surface area contributed by atoms with E-state index in [2.05, 4.69) is 15.0 Å². The van der Waals surface area contributed by atoms with Crippen LogP contribution in [0.5, 0.6) is 11.6 Å². The Morgan fingerprint density at radius 2 is 1.86 bits per heavy atom. The standard InChI is InChI=1S/C25H29N7O4/c1-17(33)30-9-6-29(7-10-30)8-11-31-15-19(14-27-31)32-16-22-20(25(32)34)4-5-21(28-22)18-12-23(35-2)24(36-3)26-13-18/h4-5,12-15H,6-11,16H2,1-3H3. The number of ether oxygens (including phenoxy) is 2. The van der Waals surface area contributed by atoms with Crippen molar-refractivity contribution in [1.82, 2.24) is 29.5 Å². The fraction of sp³-hybridized carbons (Fsp3) is 0.400. The van der Waals surface area contributed by atoms with Crippen LogP contribution in [0.1, 0.15) is 23.0 Å².